The zero-order valence-corrected chi connectivity index (χ0v) is 13.5. The van der Waals surface area contributed by atoms with E-state index in [0.717, 1.165) is 12.7 Å². The van der Waals surface area contributed by atoms with E-state index in [9.17, 15) is 8.78 Å². The van der Waals surface area contributed by atoms with Crippen molar-refractivity contribution in [2.75, 3.05) is 26.4 Å². The molecule has 0 heterocycles. The molecule has 1 N–H and O–H groups in total. The van der Waals surface area contributed by atoms with Crippen molar-refractivity contribution in [3.8, 4) is 0 Å². The molecule has 2 nitrogen and oxygen atoms in total. The zero-order valence-electron chi connectivity index (χ0n) is 10.9. The van der Waals surface area contributed by atoms with Crippen LogP contribution < -0.4 is 14.4 Å². The van der Waals surface area contributed by atoms with E-state index in [-0.39, 0.29) is 9.69 Å². The van der Waals surface area contributed by atoms with Crippen molar-refractivity contribution in [3.05, 3.63) is 23.8 Å². The molecule has 0 saturated heterocycles. The molecule has 18 heavy (non-hydrogen) atoms. The van der Waals surface area contributed by atoms with Crippen molar-refractivity contribution in [2.24, 2.45) is 0 Å². The second-order valence-corrected chi connectivity index (χ2v) is 10.3. The van der Waals surface area contributed by atoms with Gasteiger partial charge in [-0.3, -0.25) is 0 Å². The van der Waals surface area contributed by atoms with Crippen molar-refractivity contribution in [2.45, 2.75) is 13.1 Å². The van der Waals surface area contributed by atoms with Gasteiger partial charge in [0.2, 0.25) is 0 Å². The summed E-state index contributed by atoms with van der Waals surface area (Å²) in [6, 6.07) is 2.94. The Kier molecular flexibility index (Phi) is 6.14. The maximum atomic E-state index is 14.1. The van der Waals surface area contributed by atoms with Crippen LogP contribution in [0.15, 0.2) is 12.1 Å². The summed E-state index contributed by atoms with van der Waals surface area (Å²) in [6.45, 7) is 5.52. The van der Waals surface area contributed by atoms with E-state index in [0.29, 0.717) is 11.8 Å². The number of ether oxygens (including phenoxy) is 1. The summed E-state index contributed by atoms with van der Waals surface area (Å²) >= 11 is 1.48. The van der Waals surface area contributed by atoms with Gasteiger partial charge in [-0.15, -0.1) is 0 Å². The Balaban J connectivity index is 2.81. The first kappa shape index (κ1) is 16.0. The molecule has 1 aromatic rings. The quantitative estimate of drug-likeness (QED) is 0.621. The molecule has 0 aliphatic rings. The van der Waals surface area contributed by atoms with Crippen LogP contribution in [0.3, 0.4) is 0 Å². The van der Waals surface area contributed by atoms with Crippen LogP contribution in [0.25, 0.3) is 0 Å². The molecule has 1 rings (SSSR count). The van der Waals surface area contributed by atoms with E-state index in [2.05, 4.69) is 18.4 Å². The molecule has 6 heteroatoms. The van der Waals surface area contributed by atoms with Crippen LogP contribution in [0.4, 0.5) is 8.78 Å². The minimum atomic E-state index is -1.94. The van der Waals surface area contributed by atoms with Crippen molar-refractivity contribution < 1.29 is 34.0 Å². The summed E-state index contributed by atoms with van der Waals surface area (Å²) in [5.41, 5.74) is 0. The molecule has 0 atom stereocenters. The molecule has 0 fully saturated rings. The molecule has 0 amide bonds. The van der Waals surface area contributed by atoms with E-state index < -0.39 is 13.9 Å². The van der Waals surface area contributed by atoms with Crippen molar-refractivity contribution in [1.29, 1.82) is 0 Å². The Bertz CT molecular complexity index is 415. The van der Waals surface area contributed by atoms with Crippen molar-refractivity contribution in [1.82, 2.24) is 5.32 Å². The Morgan fingerprint density at radius 2 is 2.00 bits per heavy atom. The number of methoxy groups -OCH3 is 1. The van der Waals surface area contributed by atoms with E-state index in [1.807, 2.05) is 0 Å². The molecule has 0 radical (unpaired) electrons. The van der Waals surface area contributed by atoms with E-state index in [1.54, 1.807) is 13.2 Å². The van der Waals surface area contributed by atoms with Gasteiger partial charge in [0.05, 0.1) is 0 Å². The normalized spacial score (nSPS) is 11.8. The number of rotatable bonds is 6. The second kappa shape index (κ2) is 6.91. The first-order chi connectivity index (χ1) is 8.40. The van der Waals surface area contributed by atoms with Gasteiger partial charge in [-0.05, 0) is 0 Å². The molecule has 1 aromatic carbocycles. The Labute approximate surface area is 120 Å². The van der Waals surface area contributed by atoms with E-state index in [4.69, 9.17) is 4.74 Å². The fourth-order valence-corrected chi connectivity index (χ4v) is 4.53. The predicted octanol–water partition coefficient (Wildman–Crippen LogP) is 0.827. The summed E-state index contributed by atoms with van der Waals surface area (Å²) in [5.74, 6) is -0.867. The third-order valence-electron chi connectivity index (χ3n) is 2.87. The van der Waals surface area contributed by atoms with Crippen molar-refractivity contribution >= 4 is 17.1 Å². The molecule has 0 aliphatic heterocycles. The minimum absolute atomic E-state index is 0.116. The standard InChI is InChI=1S/C12H18F2NOSi.Ti/c1-16-7-6-15-9-17(2,3)12-5-4-10(13)8-11(12)14;/h4-5,15H,6-7,9H2,1-3H3;. The predicted molar refractivity (Wildman–Crippen MR) is 67.9 cm³/mol. The number of halogens is 2. The average Bonchev–Trinajstić information content (AvgIpc) is 2.31. The van der Waals surface area contributed by atoms with Crippen LogP contribution in [0.1, 0.15) is 0 Å². The van der Waals surface area contributed by atoms with Gasteiger partial charge in [0.1, 0.15) is 0 Å². The number of hydrogen-bond donors (Lipinski definition) is 1. The van der Waals surface area contributed by atoms with Gasteiger partial charge >= 0.3 is 120 Å². The summed E-state index contributed by atoms with van der Waals surface area (Å²) in [7, 11) is -0.291. The fraction of sp³-hybridized carbons (Fsp3) is 0.500. The first-order valence-corrected chi connectivity index (χ1v) is 9.78. The molecule has 0 bridgehead atoms. The SMILES string of the molecule is COCCNC[Si](C)(C)c1ccc(F)[c]([Ti])c1F. The molecule has 0 spiro atoms. The third kappa shape index (κ3) is 3.96. The molecular weight excluding hydrogens is 288 g/mol. The Morgan fingerprint density at radius 1 is 1.33 bits per heavy atom. The van der Waals surface area contributed by atoms with Gasteiger partial charge in [0.15, 0.2) is 0 Å². The van der Waals surface area contributed by atoms with Crippen LogP contribution in [-0.2, 0) is 25.2 Å². The van der Waals surface area contributed by atoms with Gasteiger partial charge in [-0.25, -0.2) is 0 Å². The monoisotopic (exact) mass is 306 g/mol. The van der Waals surface area contributed by atoms with E-state index >= 15 is 0 Å². The topological polar surface area (TPSA) is 21.3 Å². The first-order valence-electron chi connectivity index (χ1n) is 5.80. The summed E-state index contributed by atoms with van der Waals surface area (Å²) < 4.78 is 32.4. The molecule has 0 unspecified atom stereocenters. The maximum absolute atomic E-state index is 14.1. The number of nitrogens with one attached hydrogen (secondary N) is 1. The number of benzene rings is 1. The Morgan fingerprint density at radius 3 is 2.61 bits per heavy atom. The van der Waals surface area contributed by atoms with Gasteiger partial charge in [-0.1, -0.05) is 0 Å². The molecule has 0 aliphatic carbocycles. The van der Waals surface area contributed by atoms with Gasteiger partial charge in [0.25, 0.3) is 0 Å². The molecule has 99 valence electrons. The average molecular weight is 306 g/mol. The summed E-state index contributed by atoms with van der Waals surface area (Å²) in [4.78, 5) is 0. The van der Waals surface area contributed by atoms with Crippen LogP contribution in [0.5, 0.6) is 0 Å². The summed E-state index contributed by atoms with van der Waals surface area (Å²) in [5, 5.41) is 3.94. The zero-order chi connectivity index (χ0) is 13.8. The van der Waals surface area contributed by atoms with Gasteiger partial charge < -0.3 is 0 Å². The van der Waals surface area contributed by atoms with Gasteiger partial charge in [-0.2, -0.15) is 0 Å². The number of hydrogen-bond acceptors (Lipinski definition) is 2. The van der Waals surface area contributed by atoms with Crippen LogP contribution in [0.2, 0.25) is 13.1 Å². The van der Waals surface area contributed by atoms with Crippen LogP contribution in [-0.4, -0.2) is 34.5 Å². The van der Waals surface area contributed by atoms with Crippen LogP contribution >= 0.6 is 0 Å². The summed E-state index contributed by atoms with van der Waals surface area (Å²) in [6.07, 6.45) is 0.748. The second-order valence-electron chi connectivity index (χ2n) is 4.84. The van der Waals surface area contributed by atoms with E-state index in [1.165, 1.54) is 26.5 Å². The van der Waals surface area contributed by atoms with Crippen molar-refractivity contribution in [3.63, 3.8) is 0 Å². The Hall–Kier alpha value is -0.0688. The van der Waals surface area contributed by atoms with Crippen LogP contribution in [0, 0.1) is 11.6 Å². The molecular formula is C12H18F2NOSiTi. The fourth-order valence-electron chi connectivity index (χ4n) is 1.75. The molecule has 0 saturated carbocycles. The third-order valence-corrected chi connectivity index (χ3v) is 6.56. The van der Waals surface area contributed by atoms with Gasteiger partial charge in [0, 0.05) is 0 Å². The molecule has 0 aromatic heterocycles.